The molecule has 0 bridgehead atoms. The van der Waals surface area contributed by atoms with Crippen LogP contribution in [0, 0.1) is 0 Å². The van der Waals surface area contributed by atoms with E-state index >= 15 is 0 Å². The third kappa shape index (κ3) is 56.0. The highest BCUT2D eigenvalue weighted by atomic mass is 31.2. The van der Waals surface area contributed by atoms with Gasteiger partial charge in [0.25, 0.3) is 0 Å². The first kappa shape index (κ1) is 72.5. The Morgan fingerprint density at radius 2 is 0.853 bits per heavy atom. The number of quaternary nitrogens is 1. The average molecular weight is 1070 g/mol. The van der Waals surface area contributed by atoms with Crippen molar-refractivity contribution in [3.8, 4) is 0 Å². The Bertz CT molecular complexity index is 1510. The van der Waals surface area contributed by atoms with Gasteiger partial charge in [-0.05, 0) is 76.7 Å². The molecule has 0 saturated heterocycles. The summed E-state index contributed by atoms with van der Waals surface area (Å²) in [6.07, 6.45) is 70.4. The van der Waals surface area contributed by atoms with E-state index in [1.165, 1.54) is 141 Å². The van der Waals surface area contributed by atoms with E-state index in [2.05, 4.69) is 86.8 Å². The maximum absolute atomic E-state index is 13.5. The normalized spacial score (nSPS) is 14.2. The number of nitrogens with zero attached hydrogens (tertiary/aromatic N) is 1. The smallest absolute Gasteiger partial charge is 0.456 e. The molecule has 3 atom stereocenters. The van der Waals surface area contributed by atoms with Crippen LogP contribution in [0.15, 0.2) is 72.9 Å². The summed E-state index contributed by atoms with van der Waals surface area (Å²) < 4.78 is 30.7. The molecule has 3 unspecified atom stereocenters. The van der Waals surface area contributed by atoms with Crippen LogP contribution in [0.4, 0.5) is 0 Å². The lowest BCUT2D eigenvalue weighted by Crippen LogP contribution is -2.47. The van der Waals surface area contributed by atoms with Crippen LogP contribution in [0.1, 0.15) is 278 Å². The fourth-order valence-electron chi connectivity index (χ4n) is 8.85. The Kier molecular flexibility index (Phi) is 52.9. The van der Waals surface area contributed by atoms with Crippen LogP contribution in [0.25, 0.3) is 0 Å². The first-order chi connectivity index (χ1) is 36.4. The maximum Gasteiger partial charge on any atom is 0.472 e. The third-order valence-corrected chi connectivity index (χ3v) is 14.6. The first-order valence-corrected chi connectivity index (χ1v) is 32.8. The second-order valence-electron chi connectivity index (χ2n) is 22.2. The largest absolute Gasteiger partial charge is 0.472 e. The standard InChI is InChI=1S/C65H119N2O7P/c1-7-10-13-16-19-22-25-27-28-29-30-31-32-33-34-35-36-37-38-40-42-45-48-51-54-57-64(68)66-62(61-73-75(70,71)72-60-59-67(4,5)6)63(56-53-50-47-44-41-24-21-18-15-12-9-3)74-65(69)58-55-52-49-46-43-39-26-23-20-17-14-11-8-2/h10,13,19,22,27-28,30-31,33-34,53,56,62-63H,7-9,11-12,14-18,20-21,23-26,29,32,35-52,54-55,57-61H2,1-6H3,(H-,66,68,70,71)/p+1/b13-10-,22-19-,28-27-,31-30-,34-33-,56-53-. The summed E-state index contributed by atoms with van der Waals surface area (Å²) in [5.41, 5.74) is 0. The number of nitrogens with one attached hydrogen (secondary N) is 1. The van der Waals surface area contributed by atoms with E-state index in [9.17, 15) is 19.0 Å². The summed E-state index contributed by atoms with van der Waals surface area (Å²) in [4.78, 5) is 37.7. The second-order valence-corrected chi connectivity index (χ2v) is 23.7. The first-order valence-electron chi connectivity index (χ1n) is 31.3. The molecule has 0 fully saturated rings. The third-order valence-electron chi connectivity index (χ3n) is 13.7. The number of carbonyl (C=O) groups excluding carboxylic acids is 2. The fraction of sp³-hybridized carbons (Fsp3) is 0.785. The topological polar surface area (TPSA) is 111 Å². The van der Waals surface area contributed by atoms with Gasteiger partial charge in [0.15, 0.2) is 0 Å². The molecule has 0 aliphatic rings. The Labute approximate surface area is 463 Å². The maximum atomic E-state index is 13.5. The summed E-state index contributed by atoms with van der Waals surface area (Å²) in [6, 6.07) is -0.851. The molecule has 0 aromatic carbocycles. The molecule has 0 spiro atoms. The van der Waals surface area contributed by atoms with Gasteiger partial charge in [0.05, 0.1) is 33.8 Å². The zero-order valence-corrected chi connectivity index (χ0v) is 50.7. The summed E-state index contributed by atoms with van der Waals surface area (Å²) in [5.74, 6) is -0.508. The number of phosphoric acid groups is 1. The predicted molar refractivity (Wildman–Crippen MR) is 323 cm³/mol. The van der Waals surface area contributed by atoms with Gasteiger partial charge in [0.1, 0.15) is 19.3 Å². The molecular formula is C65H120N2O7P+. The highest BCUT2D eigenvalue weighted by molar-refractivity contribution is 7.47. The summed E-state index contributed by atoms with van der Waals surface area (Å²) in [7, 11) is 1.49. The molecule has 9 nitrogen and oxygen atoms in total. The van der Waals surface area contributed by atoms with Gasteiger partial charge in [-0.25, -0.2) is 4.57 Å². The molecule has 75 heavy (non-hydrogen) atoms. The van der Waals surface area contributed by atoms with Gasteiger partial charge in [-0.3, -0.25) is 18.6 Å². The van der Waals surface area contributed by atoms with Crippen molar-refractivity contribution < 1.29 is 37.3 Å². The molecule has 0 saturated carbocycles. The molecule has 0 aliphatic heterocycles. The average Bonchev–Trinajstić information content (AvgIpc) is 3.37. The van der Waals surface area contributed by atoms with Crippen LogP contribution in [-0.4, -0.2) is 74.3 Å². The van der Waals surface area contributed by atoms with Gasteiger partial charge in [0, 0.05) is 12.8 Å². The van der Waals surface area contributed by atoms with Crippen molar-refractivity contribution in [2.24, 2.45) is 0 Å². The van der Waals surface area contributed by atoms with Crippen molar-refractivity contribution >= 4 is 19.7 Å². The van der Waals surface area contributed by atoms with E-state index in [1.54, 1.807) is 0 Å². The van der Waals surface area contributed by atoms with E-state index in [0.29, 0.717) is 23.9 Å². The number of carbonyl (C=O) groups is 2. The van der Waals surface area contributed by atoms with Gasteiger partial charge < -0.3 is 19.4 Å². The van der Waals surface area contributed by atoms with Gasteiger partial charge in [-0.15, -0.1) is 0 Å². The number of hydrogen-bond donors (Lipinski definition) is 2. The zero-order chi connectivity index (χ0) is 55.0. The Balaban J connectivity index is 5.11. The van der Waals surface area contributed by atoms with Crippen LogP contribution in [0.5, 0.6) is 0 Å². The van der Waals surface area contributed by atoms with Crippen molar-refractivity contribution in [2.45, 2.75) is 290 Å². The fourth-order valence-corrected chi connectivity index (χ4v) is 9.59. The quantitative estimate of drug-likeness (QED) is 0.0205. The highest BCUT2D eigenvalue weighted by Crippen LogP contribution is 2.43. The number of unbranched alkanes of at least 4 members (excludes halogenated alkanes) is 30. The molecule has 0 radical (unpaired) electrons. The molecule has 0 rings (SSSR count). The molecule has 10 heteroatoms. The number of phosphoric ester groups is 1. The SMILES string of the molecule is CC/C=C\C/C=C\C/C=C\C/C=C\C/C=C\CCCCCCCCCCCC(=O)NC(COP(=O)(O)OCC[N+](C)(C)C)C(/C=C\CCCCCCCCCCC)OC(=O)CCCCCCCCCCCCCCC. The Morgan fingerprint density at radius 3 is 1.28 bits per heavy atom. The van der Waals surface area contributed by atoms with Crippen molar-refractivity contribution in [2.75, 3.05) is 40.9 Å². The van der Waals surface area contributed by atoms with E-state index in [4.69, 9.17) is 13.8 Å². The minimum atomic E-state index is -4.45. The molecule has 0 heterocycles. The molecule has 0 aromatic rings. The lowest BCUT2D eigenvalue weighted by atomic mass is 10.0. The molecule has 0 aliphatic carbocycles. The summed E-state index contributed by atoms with van der Waals surface area (Å²) >= 11 is 0. The molecule has 2 N–H and O–H groups in total. The number of likely N-dealkylation sites (N-methyl/N-ethyl adjacent to an activating group) is 1. The molecule has 436 valence electrons. The van der Waals surface area contributed by atoms with E-state index in [1.807, 2.05) is 33.3 Å². The minimum absolute atomic E-state index is 0.0380. The lowest BCUT2D eigenvalue weighted by molar-refractivity contribution is -0.870. The van der Waals surface area contributed by atoms with E-state index < -0.39 is 20.0 Å². The van der Waals surface area contributed by atoms with Crippen molar-refractivity contribution in [3.05, 3.63) is 72.9 Å². The van der Waals surface area contributed by atoms with Gasteiger partial charge in [-0.2, -0.15) is 0 Å². The van der Waals surface area contributed by atoms with Crippen LogP contribution in [0.3, 0.4) is 0 Å². The van der Waals surface area contributed by atoms with E-state index in [-0.39, 0.29) is 25.1 Å². The number of hydrogen-bond acceptors (Lipinski definition) is 6. The summed E-state index contributed by atoms with van der Waals surface area (Å²) in [6.45, 7) is 6.90. The van der Waals surface area contributed by atoms with Crippen LogP contribution >= 0.6 is 7.82 Å². The number of ether oxygens (including phenoxy) is 1. The molecular weight excluding hydrogens is 952 g/mol. The van der Waals surface area contributed by atoms with Crippen LogP contribution in [-0.2, 0) is 27.9 Å². The molecule has 1 amide bonds. The number of amides is 1. The van der Waals surface area contributed by atoms with Crippen molar-refractivity contribution in [1.29, 1.82) is 0 Å². The highest BCUT2D eigenvalue weighted by Gasteiger charge is 2.30. The number of rotatable bonds is 56. The number of allylic oxidation sites excluding steroid dienone is 11. The Morgan fingerprint density at radius 1 is 0.480 bits per heavy atom. The predicted octanol–water partition coefficient (Wildman–Crippen LogP) is 19.2. The van der Waals surface area contributed by atoms with Gasteiger partial charge >= 0.3 is 13.8 Å². The van der Waals surface area contributed by atoms with Crippen LogP contribution < -0.4 is 5.32 Å². The Hall–Kier alpha value is -2.55. The molecule has 0 aromatic heterocycles. The zero-order valence-electron chi connectivity index (χ0n) is 49.8. The number of esters is 1. The second kappa shape index (κ2) is 54.8. The lowest BCUT2D eigenvalue weighted by Gasteiger charge is -2.27. The van der Waals surface area contributed by atoms with Crippen molar-refractivity contribution in [3.63, 3.8) is 0 Å². The van der Waals surface area contributed by atoms with Gasteiger partial charge in [0.2, 0.25) is 5.91 Å². The van der Waals surface area contributed by atoms with Crippen LogP contribution in [0.2, 0.25) is 0 Å². The van der Waals surface area contributed by atoms with E-state index in [0.717, 1.165) is 103 Å². The van der Waals surface area contributed by atoms with Gasteiger partial charge in [-0.1, -0.05) is 261 Å². The monoisotopic (exact) mass is 1070 g/mol. The summed E-state index contributed by atoms with van der Waals surface area (Å²) in [5, 5.41) is 3.05. The minimum Gasteiger partial charge on any atom is -0.456 e. The van der Waals surface area contributed by atoms with Crippen molar-refractivity contribution in [1.82, 2.24) is 5.32 Å².